The predicted molar refractivity (Wildman–Crippen MR) is 125 cm³/mol. The molecule has 0 saturated carbocycles. The Bertz CT molecular complexity index is 887. The van der Waals surface area contributed by atoms with Crippen LogP contribution in [0.5, 0.6) is 0 Å². The summed E-state index contributed by atoms with van der Waals surface area (Å²) in [6, 6.07) is 15.0. The fourth-order valence-corrected chi connectivity index (χ4v) is 3.98. The van der Waals surface area contributed by atoms with Gasteiger partial charge in [-0.15, -0.1) is 0 Å². The highest BCUT2D eigenvalue weighted by atomic mass is 16.5. The summed E-state index contributed by atoms with van der Waals surface area (Å²) in [5, 5.41) is 2.98. The van der Waals surface area contributed by atoms with Crippen LogP contribution in [0.3, 0.4) is 0 Å². The Morgan fingerprint density at radius 2 is 1.65 bits per heavy atom. The van der Waals surface area contributed by atoms with Crippen molar-refractivity contribution in [3.63, 3.8) is 0 Å². The van der Waals surface area contributed by atoms with Gasteiger partial charge >= 0.3 is 0 Å². The first-order valence-electron chi connectivity index (χ1n) is 11.2. The van der Waals surface area contributed by atoms with Crippen LogP contribution < -0.4 is 5.32 Å². The molecule has 5 heteroatoms. The molecular weight excluding hydrogens is 388 g/mol. The minimum Gasteiger partial charge on any atom is -0.379 e. The lowest BCUT2D eigenvalue weighted by Gasteiger charge is -2.33. The monoisotopic (exact) mass is 422 g/mol. The maximum absolute atomic E-state index is 13.4. The van der Waals surface area contributed by atoms with Crippen molar-refractivity contribution in [2.75, 3.05) is 31.6 Å². The number of ketones is 1. The molecule has 1 unspecified atom stereocenters. The van der Waals surface area contributed by atoms with Gasteiger partial charge in [0.25, 0.3) is 0 Å². The minimum atomic E-state index is -0.526. The predicted octanol–water partition coefficient (Wildman–Crippen LogP) is 4.85. The second-order valence-corrected chi connectivity index (χ2v) is 8.80. The summed E-state index contributed by atoms with van der Waals surface area (Å²) in [6.45, 7) is 11.0. The third-order valence-corrected chi connectivity index (χ3v) is 5.87. The molecule has 0 aliphatic carbocycles. The molecular formula is C26H34N2O3. The van der Waals surface area contributed by atoms with E-state index in [-0.39, 0.29) is 24.0 Å². The van der Waals surface area contributed by atoms with Gasteiger partial charge in [0.1, 0.15) is 0 Å². The Morgan fingerprint density at radius 3 is 2.26 bits per heavy atom. The van der Waals surface area contributed by atoms with Crippen LogP contribution in [0.15, 0.2) is 48.5 Å². The van der Waals surface area contributed by atoms with Gasteiger partial charge in [-0.1, -0.05) is 64.1 Å². The number of para-hydroxylation sites is 1. The van der Waals surface area contributed by atoms with Crippen LogP contribution in [0.25, 0.3) is 0 Å². The normalized spacial score (nSPS) is 15.8. The molecule has 0 bridgehead atoms. The van der Waals surface area contributed by atoms with Crippen LogP contribution in [0.4, 0.5) is 5.69 Å². The average molecular weight is 423 g/mol. The number of anilines is 1. The van der Waals surface area contributed by atoms with Crippen LogP contribution in [0, 0.1) is 0 Å². The lowest BCUT2D eigenvalue weighted by Crippen LogP contribution is -2.50. The highest BCUT2D eigenvalue weighted by molar-refractivity contribution is 6.03. The minimum absolute atomic E-state index is 0.0127. The topological polar surface area (TPSA) is 58.6 Å². The van der Waals surface area contributed by atoms with Crippen molar-refractivity contribution in [2.24, 2.45) is 0 Å². The zero-order chi connectivity index (χ0) is 22.4. The second-order valence-electron chi connectivity index (χ2n) is 8.80. The molecule has 1 saturated heterocycles. The van der Waals surface area contributed by atoms with Crippen LogP contribution in [-0.2, 0) is 9.53 Å². The zero-order valence-corrected chi connectivity index (χ0v) is 19.1. The first-order valence-corrected chi connectivity index (χ1v) is 11.2. The van der Waals surface area contributed by atoms with Crippen LogP contribution in [0.1, 0.15) is 67.4 Å². The Labute approximate surface area is 185 Å². The number of carbonyl (C=O) groups excluding carboxylic acids is 2. The van der Waals surface area contributed by atoms with E-state index in [0.717, 1.165) is 16.8 Å². The van der Waals surface area contributed by atoms with Gasteiger partial charge in [0.2, 0.25) is 5.91 Å². The van der Waals surface area contributed by atoms with E-state index >= 15 is 0 Å². The summed E-state index contributed by atoms with van der Waals surface area (Å²) >= 11 is 0. The van der Waals surface area contributed by atoms with Crippen molar-refractivity contribution < 1.29 is 14.3 Å². The highest BCUT2D eigenvalue weighted by Crippen LogP contribution is 2.27. The second kappa shape index (κ2) is 10.7. The number of nitrogens with one attached hydrogen (secondary N) is 1. The van der Waals surface area contributed by atoms with E-state index in [2.05, 4.69) is 44.0 Å². The number of ether oxygens (including phenoxy) is 1. The summed E-state index contributed by atoms with van der Waals surface area (Å²) in [5.74, 6) is 0.502. The van der Waals surface area contributed by atoms with E-state index in [9.17, 15) is 9.59 Å². The van der Waals surface area contributed by atoms with Gasteiger partial charge in [-0.2, -0.15) is 0 Å². The molecule has 1 atom stereocenters. The Morgan fingerprint density at radius 1 is 0.968 bits per heavy atom. The molecule has 3 rings (SSSR count). The lowest BCUT2D eigenvalue weighted by molar-refractivity contribution is -0.123. The first kappa shape index (κ1) is 23.2. The molecule has 1 amide bonds. The van der Waals surface area contributed by atoms with Gasteiger partial charge in [0.05, 0.1) is 19.3 Å². The van der Waals surface area contributed by atoms with Crippen molar-refractivity contribution in [2.45, 2.75) is 52.0 Å². The number of benzene rings is 2. The van der Waals surface area contributed by atoms with Gasteiger partial charge in [-0.3, -0.25) is 14.5 Å². The van der Waals surface area contributed by atoms with Crippen molar-refractivity contribution in [3.05, 3.63) is 65.2 Å². The molecule has 31 heavy (non-hydrogen) atoms. The standard InChI is InChI=1S/C26H34N2O3/c1-18(2)20-10-11-22(23(16-20)19(3)4)25(29)17-24(28-12-14-31-15-13-28)26(30)27-21-8-6-5-7-9-21/h5-11,16,18-19,24H,12-15,17H2,1-4H3,(H,27,30). The van der Waals surface area contributed by atoms with Gasteiger partial charge in [-0.25, -0.2) is 0 Å². The maximum Gasteiger partial charge on any atom is 0.242 e. The van der Waals surface area contributed by atoms with E-state index in [1.165, 1.54) is 5.56 Å². The van der Waals surface area contributed by atoms with Crippen molar-refractivity contribution in [1.29, 1.82) is 0 Å². The lowest BCUT2D eigenvalue weighted by atomic mass is 9.88. The molecule has 0 aromatic heterocycles. The van der Waals surface area contributed by atoms with Crippen molar-refractivity contribution >= 4 is 17.4 Å². The van der Waals surface area contributed by atoms with E-state index < -0.39 is 6.04 Å². The third kappa shape index (κ3) is 6.02. The number of hydrogen-bond donors (Lipinski definition) is 1. The summed E-state index contributed by atoms with van der Waals surface area (Å²) < 4.78 is 5.47. The number of Topliss-reactive ketones (excluding diaryl/α,β-unsaturated/α-hetero) is 1. The molecule has 1 fully saturated rings. The Hall–Kier alpha value is -2.50. The van der Waals surface area contributed by atoms with E-state index in [4.69, 9.17) is 4.74 Å². The number of rotatable bonds is 8. The van der Waals surface area contributed by atoms with Gasteiger partial charge in [0.15, 0.2) is 5.78 Å². The van der Waals surface area contributed by atoms with E-state index in [1.54, 1.807) is 0 Å². The number of carbonyl (C=O) groups is 2. The molecule has 0 spiro atoms. The first-order chi connectivity index (χ1) is 14.9. The highest BCUT2D eigenvalue weighted by Gasteiger charge is 2.31. The quantitative estimate of drug-likeness (QED) is 0.618. The molecule has 5 nitrogen and oxygen atoms in total. The molecule has 2 aromatic carbocycles. The zero-order valence-electron chi connectivity index (χ0n) is 19.1. The number of amides is 1. The number of morpholine rings is 1. The smallest absolute Gasteiger partial charge is 0.242 e. The van der Waals surface area contributed by atoms with E-state index in [0.29, 0.717) is 32.2 Å². The van der Waals surface area contributed by atoms with Gasteiger partial charge in [0, 0.05) is 30.8 Å². The van der Waals surface area contributed by atoms with Crippen LogP contribution in [-0.4, -0.2) is 48.9 Å². The Kier molecular flexibility index (Phi) is 7.99. The molecule has 1 aliphatic heterocycles. The molecule has 2 aromatic rings. The largest absolute Gasteiger partial charge is 0.379 e. The summed E-state index contributed by atoms with van der Waals surface area (Å²) in [7, 11) is 0. The molecule has 1 N–H and O–H groups in total. The van der Waals surface area contributed by atoms with Crippen molar-refractivity contribution in [1.82, 2.24) is 4.90 Å². The number of hydrogen-bond acceptors (Lipinski definition) is 4. The average Bonchev–Trinajstić information content (AvgIpc) is 2.78. The van der Waals surface area contributed by atoms with Gasteiger partial charge in [-0.05, 0) is 35.1 Å². The van der Waals surface area contributed by atoms with Crippen LogP contribution in [0.2, 0.25) is 0 Å². The van der Waals surface area contributed by atoms with E-state index in [1.807, 2.05) is 42.5 Å². The molecule has 1 aliphatic rings. The van der Waals surface area contributed by atoms with Crippen molar-refractivity contribution in [3.8, 4) is 0 Å². The Balaban J connectivity index is 1.85. The summed E-state index contributed by atoms with van der Waals surface area (Å²) in [6.07, 6.45) is 0.152. The fourth-order valence-electron chi connectivity index (χ4n) is 3.98. The fraction of sp³-hybridized carbons (Fsp3) is 0.462. The third-order valence-electron chi connectivity index (χ3n) is 5.87. The van der Waals surface area contributed by atoms with Gasteiger partial charge < -0.3 is 10.1 Å². The summed E-state index contributed by atoms with van der Waals surface area (Å²) in [4.78, 5) is 28.7. The summed E-state index contributed by atoms with van der Waals surface area (Å²) in [5.41, 5.74) is 3.75. The molecule has 1 heterocycles. The number of nitrogens with zero attached hydrogens (tertiary/aromatic N) is 1. The SMILES string of the molecule is CC(C)c1ccc(C(=O)CC(C(=O)Nc2ccccc2)N2CCOCC2)c(C(C)C)c1. The van der Waals surface area contributed by atoms with Crippen LogP contribution >= 0.6 is 0 Å². The molecule has 166 valence electrons. The maximum atomic E-state index is 13.4. The molecule has 0 radical (unpaired) electrons.